The van der Waals surface area contributed by atoms with Crippen molar-refractivity contribution in [1.82, 2.24) is 14.2 Å². The average molecular weight is 500 g/mol. The number of hydrogen-bond acceptors (Lipinski definition) is 5. The number of benzene rings is 2. The van der Waals surface area contributed by atoms with Gasteiger partial charge in [-0.25, -0.2) is 9.99 Å². The zero-order valence-electron chi connectivity index (χ0n) is 19.0. The number of allylic oxidation sites excluding steroid dienone is 1. The van der Waals surface area contributed by atoms with Gasteiger partial charge >= 0.3 is 5.82 Å². The van der Waals surface area contributed by atoms with E-state index in [1.54, 1.807) is 55.5 Å². The van der Waals surface area contributed by atoms with Crippen LogP contribution in [0.25, 0.3) is 22.2 Å². The SMILES string of the molecule is Cc1nc2cccc(Cl)c2c(=O)n1N1C=C(c2ccccc2)n2c([N+](=O)[O-])cc3c2C(=CCC3)C1=O. The Kier molecular flexibility index (Phi) is 4.90. The van der Waals surface area contributed by atoms with Crippen LogP contribution in [0.2, 0.25) is 5.02 Å². The summed E-state index contributed by atoms with van der Waals surface area (Å²) in [6.45, 7) is 1.62. The second-order valence-corrected chi connectivity index (χ2v) is 8.97. The minimum Gasteiger partial charge on any atom is -0.358 e. The molecular formula is C26H18ClN5O4. The smallest absolute Gasteiger partial charge is 0.329 e. The van der Waals surface area contributed by atoms with Crippen LogP contribution in [0, 0.1) is 17.0 Å². The molecule has 2 aromatic heterocycles. The number of nitro groups is 1. The van der Waals surface area contributed by atoms with E-state index in [4.69, 9.17) is 11.6 Å². The molecule has 10 heteroatoms. The van der Waals surface area contributed by atoms with Gasteiger partial charge in [0, 0.05) is 17.2 Å². The number of hydrogen-bond donors (Lipinski definition) is 0. The number of halogens is 1. The third-order valence-corrected chi connectivity index (χ3v) is 6.78. The van der Waals surface area contributed by atoms with Gasteiger partial charge in [0.25, 0.3) is 11.5 Å². The number of rotatable bonds is 3. The minimum atomic E-state index is -0.516. The van der Waals surface area contributed by atoms with E-state index in [1.165, 1.54) is 26.5 Å². The fourth-order valence-electron chi connectivity index (χ4n) is 4.93. The molecule has 0 bridgehead atoms. The van der Waals surface area contributed by atoms with Gasteiger partial charge < -0.3 is 10.1 Å². The van der Waals surface area contributed by atoms with Gasteiger partial charge in [-0.3, -0.25) is 9.59 Å². The lowest BCUT2D eigenvalue weighted by Crippen LogP contribution is -2.44. The quantitative estimate of drug-likeness (QED) is 0.306. The molecule has 0 unspecified atom stereocenters. The van der Waals surface area contributed by atoms with Crippen LogP contribution in [0.1, 0.15) is 29.1 Å². The molecular weight excluding hydrogens is 482 g/mol. The highest BCUT2D eigenvalue weighted by Crippen LogP contribution is 2.40. The number of amides is 1. The van der Waals surface area contributed by atoms with Crippen LogP contribution in [0.15, 0.2) is 71.7 Å². The van der Waals surface area contributed by atoms with Crippen LogP contribution < -0.4 is 10.6 Å². The van der Waals surface area contributed by atoms with Crippen molar-refractivity contribution in [3.8, 4) is 0 Å². The highest BCUT2D eigenvalue weighted by molar-refractivity contribution is 6.35. The maximum absolute atomic E-state index is 14.0. The number of fused-ring (bicyclic) bond motifs is 1. The molecule has 1 aliphatic carbocycles. The Hall–Kier alpha value is -4.50. The summed E-state index contributed by atoms with van der Waals surface area (Å²) >= 11 is 6.35. The molecule has 2 aromatic carbocycles. The van der Waals surface area contributed by atoms with E-state index >= 15 is 0 Å². The molecule has 36 heavy (non-hydrogen) atoms. The van der Waals surface area contributed by atoms with Gasteiger partial charge in [-0.2, -0.15) is 9.24 Å². The second kappa shape index (κ2) is 8.03. The number of aryl methyl sites for hydroxylation is 2. The topological polar surface area (TPSA) is 103 Å². The molecule has 6 rings (SSSR count). The van der Waals surface area contributed by atoms with Gasteiger partial charge in [0.1, 0.15) is 11.5 Å². The Morgan fingerprint density at radius 2 is 1.86 bits per heavy atom. The lowest BCUT2D eigenvalue weighted by Gasteiger charge is -2.23. The van der Waals surface area contributed by atoms with E-state index in [-0.39, 0.29) is 27.6 Å². The van der Waals surface area contributed by atoms with Crippen molar-refractivity contribution in [2.75, 3.05) is 5.01 Å². The van der Waals surface area contributed by atoms with Gasteiger partial charge in [0.2, 0.25) is 0 Å². The second-order valence-electron chi connectivity index (χ2n) is 8.57. The van der Waals surface area contributed by atoms with Crippen molar-refractivity contribution in [3.05, 3.63) is 115 Å². The first kappa shape index (κ1) is 22.0. The van der Waals surface area contributed by atoms with Crippen LogP contribution in [-0.2, 0) is 11.2 Å². The van der Waals surface area contributed by atoms with E-state index < -0.39 is 16.4 Å². The molecule has 0 saturated heterocycles. The standard InChI is InChI=1S/C26H18ClN5O4/c1-15-28-20-12-6-11-19(27)23(20)26(34)31(15)29-14-21(16-7-3-2-4-8-16)30-22(32(35)36)13-17-9-5-10-18(24(17)30)25(29)33/h2-4,6-8,10-14H,5,9H2,1H3. The van der Waals surface area contributed by atoms with E-state index in [1.807, 2.05) is 6.07 Å². The number of carbonyl (C=O) groups is 1. The van der Waals surface area contributed by atoms with Gasteiger partial charge in [0.05, 0.1) is 27.7 Å². The monoisotopic (exact) mass is 499 g/mol. The third kappa shape index (κ3) is 3.13. The molecule has 0 N–H and O–H groups in total. The van der Waals surface area contributed by atoms with Gasteiger partial charge in [0.15, 0.2) is 5.70 Å². The summed E-state index contributed by atoms with van der Waals surface area (Å²) in [6, 6.07) is 15.5. The van der Waals surface area contributed by atoms with Crippen LogP contribution in [0.5, 0.6) is 0 Å². The average Bonchev–Trinajstić information content (AvgIpc) is 3.20. The minimum absolute atomic E-state index is 0.152. The Balaban J connectivity index is 1.72. The lowest BCUT2D eigenvalue weighted by molar-refractivity contribution is -0.390. The van der Waals surface area contributed by atoms with Crippen molar-refractivity contribution in [3.63, 3.8) is 0 Å². The number of aromatic nitrogens is 3. The van der Waals surface area contributed by atoms with Gasteiger partial charge in [-0.1, -0.05) is 54.1 Å². The molecule has 1 aliphatic heterocycles. The van der Waals surface area contributed by atoms with Crippen molar-refractivity contribution < 1.29 is 9.72 Å². The third-order valence-electron chi connectivity index (χ3n) is 6.46. The molecule has 9 nitrogen and oxygen atoms in total. The Labute approximate surface area is 209 Å². The fourth-order valence-corrected chi connectivity index (χ4v) is 5.18. The highest BCUT2D eigenvalue weighted by Gasteiger charge is 2.39. The number of carbonyl (C=O) groups excluding carboxylic acids is 1. The molecule has 4 aromatic rings. The largest absolute Gasteiger partial charge is 0.358 e. The molecule has 3 heterocycles. The maximum Gasteiger partial charge on any atom is 0.329 e. The van der Waals surface area contributed by atoms with Crippen molar-refractivity contribution in [1.29, 1.82) is 0 Å². The van der Waals surface area contributed by atoms with Crippen LogP contribution in [0.4, 0.5) is 5.82 Å². The zero-order chi connectivity index (χ0) is 25.1. The fraction of sp³-hybridized carbons (Fsp3) is 0.115. The normalized spacial score (nSPS) is 14.8. The van der Waals surface area contributed by atoms with Crippen molar-refractivity contribution in [2.45, 2.75) is 19.8 Å². The van der Waals surface area contributed by atoms with Crippen LogP contribution in [-0.4, -0.2) is 25.1 Å². The van der Waals surface area contributed by atoms with Crippen molar-refractivity contribution >= 4 is 45.5 Å². The molecule has 0 fully saturated rings. The summed E-state index contributed by atoms with van der Waals surface area (Å²) < 4.78 is 2.67. The van der Waals surface area contributed by atoms with Gasteiger partial charge in [-0.05, 0) is 36.8 Å². The first-order valence-electron chi connectivity index (χ1n) is 11.3. The number of nitrogens with zero attached hydrogens (tertiary/aromatic N) is 5. The Morgan fingerprint density at radius 3 is 2.61 bits per heavy atom. The first-order valence-corrected chi connectivity index (χ1v) is 11.6. The summed E-state index contributed by atoms with van der Waals surface area (Å²) in [5.41, 5.74) is 2.38. The highest BCUT2D eigenvalue weighted by atomic mass is 35.5. The van der Waals surface area contributed by atoms with E-state index in [0.29, 0.717) is 40.9 Å². The molecule has 0 spiro atoms. The molecule has 1 amide bonds. The van der Waals surface area contributed by atoms with E-state index in [0.717, 1.165) is 0 Å². The summed E-state index contributed by atoms with van der Waals surface area (Å²) in [5.74, 6) is -0.375. The molecule has 178 valence electrons. The Bertz CT molecular complexity index is 1730. The first-order chi connectivity index (χ1) is 17.4. The predicted molar refractivity (Wildman–Crippen MR) is 136 cm³/mol. The summed E-state index contributed by atoms with van der Waals surface area (Å²) in [5, 5.41) is 13.7. The molecule has 2 aliphatic rings. The van der Waals surface area contributed by atoms with Crippen LogP contribution >= 0.6 is 11.6 Å². The van der Waals surface area contributed by atoms with E-state index in [9.17, 15) is 19.7 Å². The Morgan fingerprint density at radius 1 is 1.08 bits per heavy atom. The summed E-state index contributed by atoms with van der Waals surface area (Å²) in [4.78, 5) is 43.9. The van der Waals surface area contributed by atoms with E-state index in [2.05, 4.69) is 4.98 Å². The summed E-state index contributed by atoms with van der Waals surface area (Å²) in [7, 11) is 0. The zero-order valence-corrected chi connectivity index (χ0v) is 19.8. The summed E-state index contributed by atoms with van der Waals surface area (Å²) in [6.07, 6.45) is 4.33. The lowest BCUT2D eigenvalue weighted by atomic mass is 9.96. The van der Waals surface area contributed by atoms with Gasteiger partial charge in [-0.15, -0.1) is 0 Å². The maximum atomic E-state index is 14.0. The predicted octanol–water partition coefficient (Wildman–Crippen LogP) is 4.42. The molecule has 0 radical (unpaired) electrons. The van der Waals surface area contributed by atoms with Crippen molar-refractivity contribution in [2.24, 2.45) is 0 Å². The molecule has 0 atom stereocenters. The van der Waals surface area contributed by atoms with Crippen LogP contribution in [0.3, 0.4) is 0 Å². The molecule has 0 saturated carbocycles.